The Bertz CT molecular complexity index is 504. The van der Waals surface area contributed by atoms with E-state index < -0.39 is 0 Å². The topological polar surface area (TPSA) is 43.8 Å². The van der Waals surface area contributed by atoms with Gasteiger partial charge in [-0.25, -0.2) is 9.37 Å². The molecule has 0 saturated carbocycles. The van der Waals surface area contributed by atoms with Gasteiger partial charge in [0.1, 0.15) is 11.6 Å². The summed E-state index contributed by atoms with van der Waals surface area (Å²) in [5.41, 5.74) is 7.26. The Hall–Kier alpha value is -1.42. The van der Waals surface area contributed by atoms with Crippen molar-refractivity contribution in [2.75, 3.05) is 6.54 Å². The van der Waals surface area contributed by atoms with E-state index in [1.54, 1.807) is 6.07 Å². The second kappa shape index (κ2) is 4.22. The van der Waals surface area contributed by atoms with Crippen LogP contribution in [0.4, 0.5) is 4.39 Å². The first-order valence-corrected chi connectivity index (χ1v) is 5.42. The fourth-order valence-corrected chi connectivity index (χ4v) is 1.79. The van der Waals surface area contributed by atoms with Crippen LogP contribution in [0.25, 0.3) is 11.0 Å². The monoisotopic (exact) mass is 221 g/mol. The van der Waals surface area contributed by atoms with Gasteiger partial charge in [0.15, 0.2) is 0 Å². The first-order chi connectivity index (χ1) is 7.61. The van der Waals surface area contributed by atoms with E-state index in [4.69, 9.17) is 5.73 Å². The van der Waals surface area contributed by atoms with Gasteiger partial charge < -0.3 is 10.3 Å². The van der Waals surface area contributed by atoms with Crippen molar-refractivity contribution >= 4 is 11.0 Å². The second-order valence-electron chi connectivity index (χ2n) is 4.27. The highest BCUT2D eigenvalue weighted by atomic mass is 19.1. The molecule has 0 aliphatic heterocycles. The molecule has 2 aromatic rings. The normalized spacial score (nSPS) is 13.2. The molecule has 0 radical (unpaired) electrons. The number of aromatic nitrogens is 2. The highest BCUT2D eigenvalue weighted by molar-refractivity contribution is 5.75. The van der Waals surface area contributed by atoms with Crippen LogP contribution < -0.4 is 5.73 Å². The molecule has 1 aromatic carbocycles. The summed E-state index contributed by atoms with van der Waals surface area (Å²) >= 11 is 0. The quantitative estimate of drug-likeness (QED) is 0.859. The minimum atomic E-state index is -0.228. The summed E-state index contributed by atoms with van der Waals surface area (Å²) < 4.78 is 15.0. The Kier molecular flexibility index (Phi) is 2.92. The second-order valence-corrected chi connectivity index (χ2v) is 4.27. The van der Waals surface area contributed by atoms with E-state index in [2.05, 4.69) is 11.9 Å². The summed E-state index contributed by atoms with van der Waals surface area (Å²) in [6, 6.07) is 4.66. The summed E-state index contributed by atoms with van der Waals surface area (Å²) in [7, 11) is 1.91. The van der Waals surface area contributed by atoms with E-state index in [0.29, 0.717) is 12.5 Å². The predicted molar refractivity (Wildman–Crippen MR) is 62.6 cm³/mol. The molecule has 1 atom stereocenters. The van der Waals surface area contributed by atoms with Gasteiger partial charge in [0, 0.05) is 13.5 Å². The van der Waals surface area contributed by atoms with E-state index in [9.17, 15) is 4.39 Å². The maximum absolute atomic E-state index is 13.1. The molecule has 2 rings (SSSR count). The molecule has 1 heterocycles. The van der Waals surface area contributed by atoms with Gasteiger partial charge in [0.2, 0.25) is 0 Å². The van der Waals surface area contributed by atoms with E-state index in [-0.39, 0.29) is 5.82 Å². The molecule has 2 N–H and O–H groups in total. The zero-order valence-electron chi connectivity index (χ0n) is 9.57. The number of aryl methyl sites for hydroxylation is 1. The molecular formula is C12H16FN3. The smallest absolute Gasteiger partial charge is 0.125 e. The third kappa shape index (κ3) is 1.93. The molecule has 0 amide bonds. The van der Waals surface area contributed by atoms with Crippen molar-refractivity contribution in [1.82, 2.24) is 9.55 Å². The Labute approximate surface area is 94.1 Å². The van der Waals surface area contributed by atoms with Gasteiger partial charge in [0.05, 0.1) is 11.0 Å². The lowest BCUT2D eigenvalue weighted by Crippen LogP contribution is -2.15. The summed E-state index contributed by atoms with van der Waals surface area (Å²) in [5.74, 6) is 1.12. The van der Waals surface area contributed by atoms with Gasteiger partial charge in [-0.15, -0.1) is 0 Å². The molecule has 0 spiro atoms. The number of benzene rings is 1. The van der Waals surface area contributed by atoms with Crippen LogP contribution in [-0.4, -0.2) is 16.1 Å². The highest BCUT2D eigenvalue weighted by Gasteiger charge is 2.10. The SMILES string of the molecule is CC(CN)Cc1nc2ccc(F)cc2n1C. The molecule has 0 aliphatic carbocycles. The fourth-order valence-electron chi connectivity index (χ4n) is 1.79. The molecular weight excluding hydrogens is 205 g/mol. The molecule has 0 saturated heterocycles. The van der Waals surface area contributed by atoms with Crippen molar-refractivity contribution in [2.45, 2.75) is 13.3 Å². The third-order valence-corrected chi connectivity index (χ3v) is 2.87. The van der Waals surface area contributed by atoms with E-state index in [1.807, 2.05) is 11.6 Å². The number of nitrogens with zero attached hydrogens (tertiary/aromatic N) is 2. The zero-order valence-corrected chi connectivity index (χ0v) is 9.57. The maximum Gasteiger partial charge on any atom is 0.125 e. The van der Waals surface area contributed by atoms with Gasteiger partial charge in [0.25, 0.3) is 0 Å². The number of fused-ring (bicyclic) bond motifs is 1. The lowest BCUT2D eigenvalue weighted by atomic mass is 10.1. The average molecular weight is 221 g/mol. The van der Waals surface area contributed by atoms with Crippen LogP contribution >= 0.6 is 0 Å². The van der Waals surface area contributed by atoms with Crippen molar-refractivity contribution in [3.05, 3.63) is 29.8 Å². The van der Waals surface area contributed by atoms with E-state index in [1.165, 1.54) is 12.1 Å². The van der Waals surface area contributed by atoms with Gasteiger partial charge >= 0.3 is 0 Å². The molecule has 16 heavy (non-hydrogen) atoms. The lowest BCUT2D eigenvalue weighted by molar-refractivity contribution is 0.563. The Morgan fingerprint density at radius 3 is 2.94 bits per heavy atom. The van der Waals surface area contributed by atoms with Gasteiger partial charge in [-0.1, -0.05) is 6.92 Å². The summed E-state index contributed by atoms with van der Waals surface area (Å²) in [6.45, 7) is 2.72. The minimum Gasteiger partial charge on any atom is -0.331 e. The van der Waals surface area contributed by atoms with E-state index >= 15 is 0 Å². The van der Waals surface area contributed by atoms with E-state index in [0.717, 1.165) is 23.3 Å². The first kappa shape index (κ1) is 11.1. The number of rotatable bonds is 3. The van der Waals surface area contributed by atoms with Crippen molar-refractivity contribution in [1.29, 1.82) is 0 Å². The molecule has 4 heteroatoms. The van der Waals surface area contributed by atoms with Crippen LogP contribution in [0.15, 0.2) is 18.2 Å². The molecule has 0 aliphatic rings. The number of hydrogen-bond acceptors (Lipinski definition) is 2. The Morgan fingerprint density at radius 1 is 1.50 bits per heavy atom. The standard InChI is InChI=1S/C12H16FN3/c1-8(7-14)5-12-15-10-4-3-9(13)6-11(10)16(12)2/h3-4,6,8H,5,7,14H2,1-2H3. The Balaban J connectivity index is 2.44. The number of nitrogens with two attached hydrogens (primary N) is 1. The fraction of sp³-hybridized carbons (Fsp3) is 0.417. The third-order valence-electron chi connectivity index (χ3n) is 2.87. The average Bonchev–Trinajstić information content (AvgIpc) is 2.56. The lowest BCUT2D eigenvalue weighted by Gasteiger charge is -2.07. The Morgan fingerprint density at radius 2 is 2.25 bits per heavy atom. The number of hydrogen-bond donors (Lipinski definition) is 1. The minimum absolute atomic E-state index is 0.228. The van der Waals surface area contributed by atoms with Crippen molar-refractivity contribution in [2.24, 2.45) is 18.7 Å². The molecule has 0 fully saturated rings. The van der Waals surface area contributed by atoms with Crippen LogP contribution in [0, 0.1) is 11.7 Å². The molecule has 1 aromatic heterocycles. The summed E-state index contributed by atoms with van der Waals surface area (Å²) in [4.78, 5) is 4.48. The van der Waals surface area contributed by atoms with Gasteiger partial charge in [-0.3, -0.25) is 0 Å². The molecule has 0 bridgehead atoms. The first-order valence-electron chi connectivity index (χ1n) is 5.42. The van der Waals surface area contributed by atoms with Gasteiger partial charge in [-0.05, 0) is 30.7 Å². The highest BCUT2D eigenvalue weighted by Crippen LogP contribution is 2.17. The van der Waals surface area contributed by atoms with Crippen LogP contribution in [0.2, 0.25) is 0 Å². The van der Waals surface area contributed by atoms with Crippen LogP contribution in [0.1, 0.15) is 12.7 Å². The molecule has 1 unspecified atom stereocenters. The molecule has 3 nitrogen and oxygen atoms in total. The summed E-state index contributed by atoms with van der Waals surface area (Å²) in [6.07, 6.45) is 0.823. The van der Waals surface area contributed by atoms with Crippen molar-refractivity contribution in [3.63, 3.8) is 0 Å². The number of halogens is 1. The van der Waals surface area contributed by atoms with Crippen molar-refractivity contribution < 1.29 is 4.39 Å². The number of imidazole rings is 1. The summed E-state index contributed by atoms with van der Waals surface area (Å²) in [5, 5.41) is 0. The van der Waals surface area contributed by atoms with Gasteiger partial charge in [-0.2, -0.15) is 0 Å². The predicted octanol–water partition coefficient (Wildman–Crippen LogP) is 1.85. The molecule has 86 valence electrons. The van der Waals surface area contributed by atoms with Crippen molar-refractivity contribution in [3.8, 4) is 0 Å². The zero-order chi connectivity index (χ0) is 11.7. The largest absolute Gasteiger partial charge is 0.331 e. The van der Waals surface area contributed by atoms with Crippen LogP contribution in [-0.2, 0) is 13.5 Å². The maximum atomic E-state index is 13.1. The van der Waals surface area contributed by atoms with Crippen LogP contribution in [0.5, 0.6) is 0 Å². The van der Waals surface area contributed by atoms with Crippen LogP contribution in [0.3, 0.4) is 0 Å².